The number of hydrogen-bond acceptors (Lipinski definition) is 4. The van der Waals surface area contributed by atoms with Crippen molar-refractivity contribution in [1.29, 1.82) is 0 Å². The molecule has 0 fully saturated rings. The summed E-state index contributed by atoms with van der Waals surface area (Å²) < 4.78 is 9.23. The molecular formula is C8H14O4. The highest BCUT2D eigenvalue weighted by Gasteiger charge is 2.05. The average Bonchev–Trinajstić information content (AvgIpc) is 2.03. The van der Waals surface area contributed by atoms with Gasteiger partial charge in [0.25, 0.3) is 0 Å². The molecule has 0 saturated heterocycles. The van der Waals surface area contributed by atoms with E-state index in [1.807, 2.05) is 0 Å². The van der Waals surface area contributed by atoms with Crippen LogP contribution in [0.3, 0.4) is 0 Å². The maximum Gasteiger partial charge on any atom is 0.333 e. The molecule has 0 aromatic rings. The third-order valence-corrected chi connectivity index (χ3v) is 1.22. The van der Waals surface area contributed by atoms with Gasteiger partial charge in [-0.3, -0.25) is 0 Å². The lowest BCUT2D eigenvalue weighted by atomic mass is 10.3. The molecule has 0 aromatic heterocycles. The van der Waals surface area contributed by atoms with Gasteiger partial charge in [0.05, 0.1) is 6.61 Å². The minimum atomic E-state index is -0.872. The first-order valence-electron chi connectivity index (χ1n) is 3.61. The predicted molar refractivity (Wildman–Crippen MR) is 43.4 cm³/mol. The van der Waals surface area contributed by atoms with E-state index < -0.39 is 12.3 Å². The standard InChI is InChI=1S/C8H14O4/c1-6(2)8(10)12-5-4-7(9)11-3/h7,9H,1,4-5H2,2-3H3. The Morgan fingerprint density at radius 2 is 2.25 bits per heavy atom. The maximum atomic E-state index is 10.8. The molecular weight excluding hydrogens is 160 g/mol. The number of esters is 1. The van der Waals surface area contributed by atoms with Crippen molar-refractivity contribution in [3.63, 3.8) is 0 Å². The van der Waals surface area contributed by atoms with E-state index in [-0.39, 0.29) is 13.0 Å². The molecule has 4 heteroatoms. The van der Waals surface area contributed by atoms with Crippen molar-refractivity contribution in [2.75, 3.05) is 13.7 Å². The molecule has 4 nitrogen and oxygen atoms in total. The second-order valence-corrected chi connectivity index (χ2v) is 2.40. The van der Waals surface area contributed by atoms with Crippen LogP contribution in [0.1, 0.15) is 13.3 Å². The number of rotatable bonds is 5. The van der Waals surface area contributed by atoms with Crippen molar-refractivity contribution >= 4 is 5.97 Å². The lowest BCUT2D eigenvalue weighted by Gasteiger charge is -2.08. The second kappa shape index (κ2) is 5.74. The average molecular weight is 174 g/mol. The number of hydrogen-bond donors (Lipinski definition) is 1. The Balaban J connectivity index is 3.44. The summed E-state index contributed by atoms with van der Waals surface area (Å²) in [5, 5.41) is 8.87. The summed E-state index contributed by atoms with van der Waals surface area (Å²) in [5.74, 6) is -0.446. The zero-order chi connectivity index (χ0) is 9.56. The molecule has 1 N–H and O–H groups in total. The first-order chi connectivity index (χ1) is 5.57. The summed E-state index contributed by atoms with van der Waals surface area (Å²) in [6, 6.07) is 0. The molecule has 70 valence electrons. The molecule has 0 aliphatic heterocycles. The Hall–Kier alpha value is -0.870. The van der Waals surface area contributed by atoms with Crippen molar-refractivity contribution in [3.05, 3.63) is 12.2 Å². The Morgan fingerprint density at radius 3 is 2.67 bits per heavy atom. The Labute approximate surface area is 71.8 Å². The van der Waals surface area contributed by atoms with Crippen LogP contribution in [0, 0.1) is 0 Å². The van der Waals surface area contributed by atoms with Gasteiger partial charge in [-0.15, -0.1) is 0 Å². The van der Waals surface area contributed by atoms with Gasteiger partial charge in [0.1, 0.15) is 0 Å². The van der Waals surface area contributed by atoms with Crippen molar-refractivity contribution in [1.82, 2.24) is 0 Å². The van der Waals surface area contributed by atoms with Gasteiger partial charge in [-0.25, -0.2) is 4.79 Å². The Morgan fingerprint density at radius 1 is 1.67 bits per heavy atom. The molecule has 0 saturated carbocycles. The molecule has 0 amide bonds. The summed E-state index contributed by atoms with van der Waals surface area (Å²) >= 11 is 0. The zero-order valence-corrected chi connectivity index (χ0v) is 7.37. The number of aliphatic hydroxyl groups is 1. The lowest BCUT2D eigenvalue weighted by Crippen LogP contribution is -2.14. The fourth-order valence-corrected chi connectivity index (χ4v) is 0.493. The fourth-order valence-electron chi connectivity index (χ4n) is 0.493. The van der Waals surface area contributed by atoms with E-state index in [2.05, 4.69) is 11.3 Å². The van der Waals surface area contributed by atoms with Crippen LogP contribution in [0.25, 0.3) is 0 Å². The number of carbonyl (C=O) groups excluding carboxylic acids is 1. The smallest absolute Gasteiger partial charge is 0.333 e. The summed E-state index contributed by atoms with van der Waals surface area (Å²) in [7, 11) is 1.38. The summed E-state index contributed by atoms with van der Waals surface area (Å²) in [5.41, 5.74) is 0.349. The van der Waals surface area contributed by atoms with Crippen LogP contribution in [0.5, 0.6) is 0 Å². The number of aliphatic hydroxyl groups excluding tert-OH is 1. The molecule has 0 rings (SSSR count). The predicted octanol–water partition coefficient (Wildman–Crippen LogP) is 0.461. The molecule has 0 spiro atoms. The van der Waals surface area contributed by atoms with E-state index >= 15 is 0 Å². The maximum absolute atomic E-state index is 10.8. The van der Waals surface area contributed by atoms with Gasteiger partial charge in [0, 0.05) is 19.1 Å². The third-order valence-electron chi connectivity index (χ3n) is 1.22. The Kier molecular flexibility index (Phi) is 5.32. The van der Waals surface area contributed by atoms with E-state index in [9.17, 15) is 4.79 Å². The summed E-state index contributed by atoms with van der Waals surface area (Å²) in [6.07, 6.45) is -0.599. The van der Waals surface area contributed by atoms with Gasteiger partial charge in [0.2, 0.25) is 0 Å². The first kappa shape index (κ1) is 11.1. The van der Waals surface area contributed by atoms with E-state index in [1.165, 1.54) is 7.11 Å². The van der Waals surface area contributed by atoms with Gasteiger partial charge in [-0.1, -0.05) is 6.58 Å². The molecule has 0 bridgehead atoms. The molecule has 0 heterocycles. The molecule has 0 aromatic carbocycles. The number of carbonyl (C=O) groups is 1. The molecule has 1 unspecified atom stereocenters. The van der Waals surface area contributed by atoms with E-state index in [4.69, 9.17) is 9.84 Å². The lowest BCUT2D eigenvalue weighted by molar-refractivity contribution is -0.142. The monoisotopic (exact) mass is 174 g/mol. The van der Waals surface area contributed by atoms with Crippen LogP contribution in [0.2, 0.25) is 0 Å². The fraction of sp³-hybridized carbons (Fsp3) is 0.625. The molecule has 0 aliphatic rings. The highest BCUT2D eigenvalue weighted by molar-refractivity contribution is 5.86. The van der Waals surface area contributed by atoms with Crippen LogP contribution < -0.4 is 0 Å². The van der Waals surface area contributed by atoms with E-state index in [1.54, 1.807) is 6.92 Å². The summed E-state index contributed by atoms with van der Waals surface area (Å²) in [6.45, 7) is 5.11. The summed E-state index contributed by atoms with van der Waals surface area (Å²) in [4.78, 5) is 10.8. The molecule has 0 aliphatic carbocycles. The van der Waals surface area contributed by atoms with Crippen LogP contribution in [0.15, 0.2) is 12.2 Å². The van der Waals surface area contributed by atoms with Crippen LogP contribution in [0.4, 0.5) is 0 Å². The zero-order valence-electron chi connectivity index (χ0n) is 7.37. The minimum Gasteiger partial charge on any atom is -0.462 e. The van der Waals surface area contributed by atoms with Gasteiger partial charge in [0.15, 0.2) is 6.29 Å². The number of ether oxygens (including phenoxy) is 2. The largest absolute Gasteiger partial charge is 0.462 e. The third kappa shape index (κ3) is 4.87. The van der Waals surface area contributed by atoms with Gasteiger partial charge < -0.3 is 14.6 Å². The van der Waals surface area contributed by atoms with Crippen LogP contribution >= 0.6 is 0 Å². The Bertz CT molecular complexity index is 164. The van der Waals surface area contributed by atoms with E-state index in [0.29, 0.717) is 5.57 Å². The minimum absolute atomic E-state index is 0.140. The van der Waals surface area contributed by atoms with Crippen molar-refractivity contribution in [2.24, 2.45) is 0 Å². The van der Waals surface area contributed by atoms with Crippen molar-refractivity contribution in [2.45, 2.75) is 19.6 Å². The topological polar surface area (TPSA) is 55.8 Å². The quantitative estimate of drug-likeness (QED) is 0.374. The van der Waals surface area contributed by atoms with Gasteiger partial charge in [-0.05, 0) is 6.92 Å². The first-order valence-corrected chi connectivity index (χ1v) is 3.61. The van der Waals surface area contributed by atoms with Crippen LogP contribution in [-0.2, 0) is 14.3 Å². The highest BCUT2D eigenvalue weighted by atomic mass is 16.6. The van der Waals surface area contributed by atoms with Crippen molar-refractivity contribution in [3.8, 4) is 0 Å². The van der Waals surface area contributed by atoms with Gasteiger partial charge >= 0.3 is 5.97 Å². The van der Waals surface area contributed by atoms with E-state index in [0.717, 1.165) is 0 Å². The van der Waals surface area contributed by atoms with Gasteiger partial charge in [-0.2, -0.15) is 0 Å². The second-order valence-electron chi connectivity index (χ2n) is 2.40. The SMILES string of the molecule is C=C(C)C(=O)OCCC(O)OC. The molecule has 12 heavy (non-hydrogen) atoms. The van der Waals surface area contributed by atoms with Crippen molar-refractivity contribution < 1.29 is 19.4 Å². The van der Waals surface area contributed by atoms with Crippen LogP contribution in [-0.4, -0.2) is 31.1 Å². The molecule has 1 atom stereocenters. The normalized spacial score (nSPS) is 12.2. The number of methoxy groups -OCH3 is 1. The highest BCUT2D eigenvalue weighted by Crippen LogP contribution is 1.96. The molecule has 0 radical (unpaired) electrons.